The number of carbonyl (C=O) groups excluding carboxylic acids is 1. The average molecular weight is 313 g/mol. The van der Waals surface area contributed by atoms with Crippen LogP contribution in [0.5, 0.6) is 0 Å². The van der Waals surface area contributed by atoms with Gasteiger partial charge in [-0.2, -0.15) is 0 Å². The van der Waals surface area contributed by atoms with E-state index in [1.807, 2.05) is 40.8 Å². The first-order valence-electron chi connectivity index (χ1n) is 7.27. The number of thiazole rings is 1. The van der Waals surface area contributed by atoms with Gasteiger partial charge >= 0.3 is 6.09 Å². The van der Waals surface area contributed by atoms with E-state index < -0.39 is 5.60 Å². The Balaban J connectivity index is 2.37. The molecule has 1 heterocycles. The predicted octanol–water partition coefficient (Wildman–Crippen LogP) is 3.10. The van der Waals surface area contributed by atoms with Gasteiger partial charge in [-0.1, -0.05) is 6.92 Å². The number of alkyl carbamates (subject to hydrolysis) is 1. The van der Waals surface area contributed by atoms with Crippen LogP contribution in [0, 0.1) is 0 Å². The largest absolute Gasteiger partial charge is 0.444 e. The molecular formula is C15H27N3O2S. The molecule has 0 aliphatic heterocycles. The van der Waals surface area contributed by atoms with Gasteiger partial charge in [-0.15, -0.1) is 11.3 Å². The first kappa shape index (κ1) is 17.9. The topological polar surface area (TPSA) is 63.2 Å². The van der Waals surface area contributed by atoms with Crippen molar-refractivity contribution in [3.05, 3.63) is 16.1 Å². The lowest BCUT2D eigenvalue weighted by atomic mass is 10.1. The van der Waals surface area contributed by atoms with E-state index in [-0.39, 0.29) is 11.6 Å². The highest BCUT2D eigenvalue weighted by atomic mass is 32.1. The molecule has 0 radical (unpaired) electrons. The van der Waals surface area contributed by atoms with Crippen LogP contribution in [0.4, 0.5) is 4.79 Å². The van der Waals surface area contributed by atoms with Gasteiger partial charge in [0.25, 0.3) is 0 Å². The first-order chi connectivity index (χ1) is 9.61. The van der Waals surface area contributed by atoms with E-state index in [4.69, 9.17) is 4.74 Å². The number of aromatic nitrogens is 1. The highest BCUT2D eigenvalue weighted by molar-refractivity contribution is 7.11. The monoisotopic (exact) mass is 313 g/mol. The number of carbonyl (C=O) groups is 1. The summed E-state index contributed by atoms with van der Waals surface area (Å²) in [5.74, 6) is 0. The van der Waals surface area contributed by atoms with Crippen LogP contribution in [0.1, 0.15) is 51.4 Å². The molecule has 21 heavy (non-hydrogen) atoms. The minimum Gasteiger partial charge on any atom is -0.444 e. The Bertz CT molecular complexity index is 464. The maximum absolute atomic E-state index is 11.7. The number of aryl methyl sites for hydroxylation is 1. The predicted molar refractivity (Wildman–Crippen MR) is 86.6 cm³/mol. The molecule has 0 aliphatic rings. The molecule has 0 atom stereocenters. The van der Waals surface area contributed by atoms with E-state index in [9.17, 15) is 4.79 Å². The number of hydrogen-bond acceptors (Lipinski definition) is 5. The Morgan fingerprint density at radius 2 is 2.00 bits per heavy atom. The molecule has 1 aromatic rings. The van der Waals surface area contributed by atoms with Crippen molar-refractivity contribution < 1.29 is 9.53 Å². The molecule has 0 unspecified atom stereocenters. The van der Waals surface area contributed by atoms with E-state index >= 15 is 0 Å². The smallest absolute Gasteiger partial charge is 0.407 e. The van der Waals surface area contributed by atoms with Crippen LogP contribution < -0.4 is 10.6 Å². The van der Waals surface area contributed by atoms with Gasteiger partial charge in [0.05, 0.1) is 5.01 Å². The van der Waals surface area contributed by atoms with Crippen molar-refractivity contribution in [1.82, 2.24) is 15.6 Å². The molecule has 1 amide bonds. The lowest BCUT2D eigenvalue weighted by Gasteiger charge is -2.27. The number of rotatable bonds is 6. The van der Waals surface area contributed by atoms with Gasteiger partial charge in [-0.05, 0) is 41.0 Å². The molecule has 0 aliphatic carbocycles. The van der Waals surface area contributed by atoms with Crippen molar-refractivity contribution in [2.45, 2.75) is 65.6 Å². The molecule has 6 heteroatoms. The van der Waals surface area contributed by atoms with Crippen LogP contribution in [0.2, 0.25) is 0 Å². The zero-order valence-electron chi connectivity index (χ0n) is 13.9. The summed E-state index contributed by atoms with van der Waals surface area (Å²) in [6, 6.07) is 0. The van der Waals surface area contributed by atoms with E-state index in [1.165, 1.54) is 4.88 Å². The highest BCUT2D eigenvalue weighted by Gasteiger charge is 2.21. The Kier molecular flexibility index (Phi) is 6.16. The molecular weight excluding hydrogens is 286 g/mol. The fraction of sp³-hybridized carbons (Fsp3) is 0.733. The van der Waals surface area contributed by atoms with Crippen LogP contribution in [0.15, 0.2) is 6.20 Å². The summed E-state index contributed by atoms with van der Waals surface area (Å²) in [5.41, 5.74) is -0.686. The number of nitrogens with one attached hydrogen (secondary N) is 2. The molecule has 1 rings (SSSR count). The Hall–Kier alpha value is -1.14. The SMILES string of the molecule is CCc1ncc(CNC(C)(C)CNC(=O)OC(C)(C)C)s1. The van der Waals surface area contributed by atoms with Gasteiger partial charge < -0.3 is 15.4 Å². The lowest BCUT2D eigenvalue weighted by Crippen LogP contribution is -2.49. The quantitative estimate of drug-likeness (QED) is 0.847. The van der Waals surface area contributed by atoms with E-state index in [1.54, 1.807) is 11.3 Å². The zero-order valence-corrected chi connectivity index (χ0v) is 14.7. The standard InChI is InChI=1S/C15H27N3O2S/c1-7-12-16-8-11(21-12)9-18-15(5,6)10-17-13(19)20-14(2,3)4/h8,18H,7,9-10H2,1-6H3,(H,17,19). The van der Waals surface area contributed by atoms with Crippen molar-refractivity contribution in [3.8, 4) is 0 Å². The molecule has 0 saturated heterocycles. The maximum Gasteiger partial charge on any atom is 0.407 e. The number of ether oxygens (including phenoxy) is 1. The highest BCUT2D eigenvalue weighted by Crippen LogP contribution is 2.14. The summed E-state index contributed by atoms with van der Waals surface area (Å²) in [5, 5.41) is 7.38. The summed E-state index contributed by atoms with van der Waals surface area (Å²) in [7, 11) is 0. The molecule has 0 saturated carbocycles. The second-order valence-corrected chi connectivity index (χ2v) is 7.87. The normalized spacial score (nSPS) is 12.3. The molecule has 0 spiro atoms. The van der Waals surface area contributed by atoms with Gasteiger partial charge in [0.2, 0.25) is 0 Å². The number of nitrogens with zero attached hydrogens (tertiary/aromatic N) is 1. The summed E-state index contributed by atoms with van der Waals surface area (Å²) in [6.45, 7) is 13.0. The Morgan fingerprint density at radius 1 is 1.33 bits per heavy atom. The van der Waals surface area contributed by atoms with Gasteiger partial charge in [-0.25, -0.2) is 9.78 Å². The fourth-order valence-electron chi connectivity index (χ4n) is 1.59. The van der Waals surface area contributed by atoms with Crippen molar-refractivity contribution >= 4 is 17.4 Å². The van der Waals surface area contributed by atoms with Gasteiger partial charge in [0.1, 0.15) is 5.60 Å². The van der Waals surface area contributed by atoms with Crippen molar-refractivity contribution in [3.63, 3.8) is 0 Å². The van der Waals surface area contributed by atoms with E-state index in [0.717, 1.165) is 18.0 Å². The molecule has 0 aromatic carbocycles. The number of hydrogen-bond donors (Lipinski definition) is 2. The molecule has 0 fully saturated rings. The van der Waals surface area contributed by atoms with Gasteiger partial charge in [-0.3, -0.25) is 0 Å². The van der Waals surface area contributed by atoms with Crippen LogP contribution >= 0.6 is 11.3 Å². The molecule has 120 valence electrons. The van der Waals surface area contributed by atoms with Gasteiger partial charge in [0.15, 0.2) is 0 Å². The van der Waals surface area contributed by atoms with Crippen molar-refractivity contribution in [2.24, 2.45) is 0 Å². The van der Waals surface area contributed by atoms with Crippen LogP contribution in [0.3, 0.4) is 0 Å². The van der Waals surface area contributed by atoms with Gasteiger partial charge in [0, 0.05) is 29.7 Å². The molecule has 2 N–H and O–H groups in total. The molecule has 1 aromatic heterocycles. The summed E-state index contributed by atoms with van der Waals surface area (Å²) in [4.78, 5) is 17.2. The third-order valence-electron chi connectivity index (χ3n) is 2.72. The summed E-state index contributed by atoms with van der Waals surface area (Å²) >= 11 is 1.72. The third-order valence-corrected chi connectivity index (χ3v) is 3.86. The van der Waals surface area contributed by atoms with E-state index in [0.29, 0.717) is 6.54 Å². The Morgan fingerprint density at radius 3 is 2.52 bits per heavy atom. The fourth-order valence-corrected chi connectivity index (χ4v) is 2.39. The third kappa shape index (κ3) is 7.43. The number of amides is 1. The van der Waals surface area contributed by atoms with Crippen LogP contribution in [-0.2, 0) is 17.7 Å². The Labute approximate surface area is 131 Å². The first-order valence-corrected chi connectivity index (χ1v) is 8.08. The minimum absolute atomic E-state index is 0.215. The maximum atomic E-state index is 11.7. The molecule has 5 nitrogen and oxygen atoms in total. The zero-order chi connectivity index (χ0) is 16.1. The minimum atomic E-state index is -0.471. The lowest BCUT2D eigenvalue weighted by molar-refractivity contribution is 0.0513. The molecule has 0 bridgehead atoms. The average Bonchev–Trinajstić information content (AvgIpc) is 2.80. The van der Waals surface area contributed by atoms with Crippen molar-refractivity contribution in [1.29, 1.82) is 0 Å². The van der Waals surface area contributed by atoms with Crippen LogP contribution in [-0.4, -0.2) is 28.8 Å². The second kappa shape index (κ2) is 7.22. The van der Waals surface area contributed by atoms with Crippen LogP contribution in [0.25, 0.3) is 0 Å². The summed E-state index contributed by atoms with van der Waals surface area (Å²) in [6.07, 6.45) is 2.49. The summed E-state index contributed by atoms with van der Waals surface area (Å²) < 4.78 is 5.23. The van der Waals surface area contributed by atoms with Crippen molar-refractivity contribution in [2.75, 3.05) is 6.54 Å². The second-order valence-electron chi connectivity index (χ2n) is 6.67. The van der Waals surface area contributed by atoms with E-state index in [2.05, 4.69) is 22.5 Å².